The molecule has 0 saturated carbocycles. The van der Waals surface area contributed by atoms with E-state index in [1.807, 2.05) is 0 Å². The molecule has 0 aliphatic heterocycles. The van der Waals surface area contributed by atoms with Crippen molar-refractivity contribution in [2.45, 2.75) is 0 Å². The van der Waals surface area contributed by atoms with E-state index in [4.69, 9.17) is 4.98 Å². The van der Waals surface area contributed by atoms with Crippen molar-refractivity contribution in [1.29, 1.82) is 0 Å². The molecule has 0 fully saturated rings. The lowest BCUT2D eigenvalue weighted by atomic mass is 9.85. The van der Waals surface area contributed by atoms with Crippen molar-refractivity contribution >= 4 is 43.1 Å². The first-order valence-corrected chi connectivity index (χ1v) is 17.9. The van der Waals surface area contributed by atoms with E-state index in [0.29, 0.717) is 0 Å². The van der Waals surface area contributed by atoms with Crippen LogP contribution in [0.15, 0.2) is 200 Å². The molecule has 1 heterocycles. The Kier molecular flexibility index (Phi) is 7.22. The van der Waals surface area contributed by atoms with Crippen LogP contribution in [0.5, 0.6) is 0 Å². The Morgan fingerprint density at radius 3 is 1.25 bits per heavy atom. The van der Waals surface area contributed by atoms with E-state index in [1.165, 1.54) is 70.9 Å². The Bertz CT molecular complexity index is 2840. The van der Waals surface area contributed by atoms with Crippen molar-refractivity contribution in [3.8, 4) is 55.9 Å². The maximum absolute atomic E-state index is 5.42. The normalized spacial score (nSPS) is 11.5. The molecule has 52 heavy (non-hydrogen) atoms. The van der Waals surface area contributed by atoms with Crippen LogP contribution in [0.25, 0.3) is 99.0 Å². The second kappa shape index (κ2) is 12.5. The molecule has 10 aromatic rings. The van der Waals surface area contributed by atoms with E-state index >= 15 is 0 Å². The average Bonchev–Trinajstić information content (AvgIpc) is 3.22. The first kappa shape index (κ1) is 30.0. The summed E-state index contributed by atoms with van der Waals surface area (Å²) in [5.74, 6) is 0. The Labute approximate surface area is 303 Å². The van der Waals surface area contributed by atoms with Gasteiger partial charge in [0, 0.05) is 11.1 Å². The first-order chi connectivity index (χ1) is 25.8. The number of nitrogens with zero attached hydrogens (tertiary/aromatic N) is 1. The molecule has 0 N–H and O–H groups in total. The van der Waals surface area contributed by atoms with E-state index < -0.39 is 0 Å². The number of rotatable bonds is 5. The third kappa shape index (κ3) is 5.23. The van der Waals surface area contributed by atoms with E-state index in [-0.39, 0.29) is 0 Å². The van der Waals surface area contributed by atoms with Gasteiger partial charge in [-0.25, -0.2) is 4.98 Å². The molecule has 0 bridgehead atoms. The van der Waals surface area contributed by atoms with E-state index in [1.54, 1.807) is 0 Å². The molecule has 0 spiro atoms. The predicted molar refractivity (Wildman–Crippen MR) is 221 cm³/mol. The van der Waals surface area contributed by atoms with Crippen molar-refractivity contribution in [2.75, 3.05) is 0 Å². The second-order valence-corrected chi connectivity index (χ2v) is 13.5. The summed E-state index contributed by atoms with van der Waals surface area (Å²) in [7, 11) is 0. The quantitative estimate of drug-likeness (QED) is 0.168. The first-order valence-electron chi connectivity index (χ1n) is 17.9. The highest BCUT2D eigenvalue weighted by Crippen LogP contribution is 2.45. The summed E-state index contributed by atoms with van der Waals surface area (Å²) in [5.41, 5.74) is 11.3. The van der Waals surface area contributed by atoms with E-state index in [0.717, 1.165) is 28.1 Å². The van der Waals surface area contributed by atoms with Gasteiger partial charge in [0.1, 0.15) is 0 Å². The molecule has 10 rings (SSSR count). The molecule has 0 aliphatic rings. The molecule has 0 unspecified atom stereocenters. The zero-order chi connectivity index (χ0) is 34.4. The minimum absolute atomic E-state index is 0.948. The van der Waals surface area contributed by atoms with Gasteiger partial charge < -0.3 is 0 Å². The third-order valence-electron chi connectivity index (χ3n) is 10.4. The largest absolute Gasteiger partial charge is 0.248 e. The summed E-state index contributed by atoms with van der Waals surface area (Å²) in [6, 6.07) is 72.4. The molecule has 0 amide bonds. The van der Waals surface area contributed by atoms with Crippen molar-refractivity contribution in [3.05, 3.63) is 200 Å². The number of benzene rings is 9. The predicted octanol–water partition coefficient (Wildman–Crippen LogP) is 14.0. The lowest BCUT2D eigenvalue weighted by Gasteiger charge is -2.19. The molecule has 1 aromatic heterocycles. The molecule has 0 aliphatic carbocycles. The summed E-state index contributed by atoms with van der Waals surface area (Å²) < 4.78 is 0. The zero-order valence-corrected chi connectivity index (χ0v) is 28.5. The Balaban J connectivity index is 1.25. The Hall–Kier alpha value is -6.83. The van der Waals surface area contributed by atoms with Crippen molar-refractivity contribution in [1.82, 2.24) is 4.98 Å². The van der Waals surface area contributed by atoms with Gasteiger partial charge in [0.15, 0.2) is 0 Å². The van der Waals surface area contributed by atoms with Crippen LogP contribution >= 0.6 is 0 Å². The highest BCUT2D eigenvalue weighted by Gasteiger charge is 2.18. The Morgan fingerprint density at radius 1 is 0.231 bits per heavy atom. The van der Waals surface area contributed by atoms with Gasteiger partial charge in [-0.15, -0.1) is 0 Å². The fourth-order valence-corrected chi connectivity index (χ4v) is 7.88. The minimum Gasteiger partial charge on any atom is -0.248 e. The number of aromatic nitrogens is 1. The summed E-state index contributed by atoms with van der Waals surface area (Å²) in [4.78, 5) is 5.42. The van der Waals surface area contributed by atoms with Gasteiger partial charge in [-0.1, -0.05) is 170 Å². The van der Waals surface area contributed by atoms with Crippen molar-refractivity contribution in [2.24, 2.45) is 0 Å². The number of hydrogen-bond donors (Lipinski definition) is 0. The summed E-state index contributed by atoms with van der Waals surface area (Å²) in [6.07, 6.45) is 0. The van der Waals surface area contributed by atoms with Crippen LogP contribution in [0.4, 0.5) is 0 Å². The molecule has 1 heteroatoms. The Morgan fingerprint density at radius 2 is 0.654 bits per heavy atom. The van der Waals surface area contributed by atoms with Gasteiger partial charge in [0.2, 0.25) is 0 Å². The van der Waals surface area contributed by atoms with Gasteiger partial charge >= 0.3 is 0 Å². The van der Waals surface area contributed by atoms with Crippen LogP contribution in [-0.2, 0) is 0 Å². The second-order valence-electron chi connectivity index (χ2n) is 13.5. The maximum atomic E-state index is 5.42. The van der Waals surface area contributed by atoms with Gasteiger partial charge in [-0.2, -0.15) is 0 Å². The van der Waals surface area contributed by atoms with Gasteiger partial charge in [0.05, 0.1) is 11.4 Å². The van der Waals surface area contributed by atoms with Crippen LogP contribution in [0.3, 0.4) is 0 Å². The SMILES string of the molecule is c1ccc(-c2c3ccccc3c(-c3ccccc3)c3cc(-c4cc(-c5ccc6ccccc6c5)cc(-c5ccc6ccccc6c5)n4)ccc23)cc1. The smallest absolute Gasteiger partial charge is 0.0715 e. The van der Waals surface area contributed by atoms with Crippen LogP contribution in [0.2, 0.25) is 0 Å². The molecule has 0 radical (unpaired) electrons. The van der Waals surface area contributed by atoms with E-state index in [9.17, 15) is 0 Å². The standard InChI is InChI=1S/C51H33N/c1-3-15-36(16-4-1)50-44-21-11-12-22-45(44)51(37-17-5-2-6-18-37)47-31-42(27-28-46(47)50)49-33-43(40-25-23-34-13-7-9-19-38(34)29-40)32-48(52-49)41-26-24-35-14-8-10-20-39(35)30-41/h1-33H. The van der Waals surface area contributed by atoms with Crippen LogP contribution < -0.4 is 0 Å². The topological polar surface area (TPSA) is 12.9 Å². The van der Waals surface area contributed by atoms with Gasteiger partial charge in [0.25, 0.3) is 0 Å². The monoisotopic (exact) mass is 659 g/mol. The fourth-order valence-electron chi connectivity index (χ4n) is 7.88. The molecule has 9 aromatic carbocycles. The van der Waals surface area contributed by atoms with Gasteiger partial charge in [-0.3, -0.25) is 0 Å². The van der Waals surface area contributed by atoms with Crippen LogP contribution in [-0.4, -0.2) is 4.98 Å². The lowest BCUT2D eigenvalue weighted by molar-refractivity contribution is 1.33. The summed E-state index contributed by atoms with van der Waals surface area (Å²) >= 11 is 0. The summed E-state index contributed by atoms with van der Waals surface area (Å²) in [6.45, 7) is 0. The van der Waals surface area contributed by atoms with Crippen LogP contribution in [0.1, 0.15) is 0 Å². The van der Waals surface area contributed by atoms with Crippen molar-refractivity contribution < 1.29 is 0 Å². The van der Waals surface area contributed by atoms with Gasteiger partial charge in [-0.05, 0) is 107 Å². The number of fused-ring (bicyclic) bond motifs is 4. The van der Waals surface area contributed by atoms with Crippen LogP contribution in [0, 0.1) is 0 Å². The van der Waals surface area contributed by atoms with E-state index in [2.05, 4.69) is 200 Å². The molecule has 242 valence electrons. The maximum Gasteiger partial charge on any atom is 0.0715 e. The average molecular weight is 660 g/mol. The molecule has 0 atom stereocenters. The fraction of sp³-hybridized carbons (Fsp3) is 0. The molecule has 1 nitrogen and oxygen atoms in total. The zero-order valence-electron chi connectivity index (χ0n) is 28.5. The van der Waals surface area contributed by atoms with Crippen molar-refractivity contribution in [3.63, 3.8) is 0 Å². The summed E-state index contributed by atoms with van der Waals surface area (Å²) in [5, 5.41) is 9.83. The third-order valence-corrected chi connectivity index (χ3v) is 10.4. The molecule has 0 saturated heterocycles. The lowest BCUT2D eigenvalue weighted by Crippen LogP contribution is -1.94. The molecular formula is C51H33N. The highest BCUT2D eigenvalue weighted by molar-refractivity contribution is 6.22. The number of pyridine rings is 1. The molecular weight excluding hydrogens is 627 g/mol. The minimum atomic E-state index is 0.948. The highest BCUT2D eigenvalue weighted by atomic mass is 14.7. The number of hydrogen-bond acceptors (Lipinski definition) is 1.